The summed E-state index contributed by atoms with van der Waals surface area (Å²) in [6.07, 6.45) is 1.89. The molecule has 1 N–H and O–H groups in total. The van der Waals surface area contributed by atoms with Crippen molar-refractivity contribution in [2.24, 2.45) is 11.8 Å². The lowest BCUT2D eigenvalue weighted by Crippen LogP contribution is -2.40. The van der Waals surface area contributed by atoms with Crippen molar-refractivity contribution >= 4 is 11.6 Å². The van der Waals surface area contributed by atoms with Gasteiger partial charge in [-0.05, 0) is 55.4 Å². The number of likely N-dealkylation sites (tertiary alicyclic amines) is 1. The molecule has 0 radical (unpaired) electrons. The molecule has 1 aromatic carbocycles. The van der Waals surface area contributed by atoms with Crippen LogP contribution in [0.2, 0.25) is 0 Å². The van der Waals surface area contributed by atoms with Gasteiger partial charge in [0, 0.05) is 31.7 Å². The molecule has 1 amide bonds. The first-order chi connectivity index (χ1) is 9.92. The summed E-state index contributed by atoms with van der Waals surface area (Å²) in [7, 11) is 0. The third-order valence-corrected chi connectivity index (χ3v) is 4.11. The van der Waals surface area contributed by atoms with Gasteiger partial charge in [0.05, 0.1) is 0 Å². The highest BCUT2D eigenvalue weighted by molar-refractivity contribution is 5.91. The second-order valence-corrected chi connectivity index (χ2v) is 6.88. The summed E-state index contributed by atoms with van der Waals surface area (Å²) in [5.74, 6) is 1.61. The van der Waals surface area contributed by atoms with Crippen LogP contribution in [0.25, 0.3) is 0 Å². The first kappa shape index (κ1) is 16.0. The highest BCUT2D eigenvalue weighted by atomic mass is 16.1. The van der Waals surface area contributed by atoms with Crippen LogP contribution < -0.4 is 5.32 Å². The predicted molar refractivity (Wildman–Crippen MR) is 88.5 cm³/mol. The monoisotopic (exact) mass is 288 g/mol. The van der Waals surface area contributed by atoms with Crippen molar-refractivity contribution < 1.29 is 4.79 Å². The lowest BCUT2D eigenvalue weighted by Gasteiger charge is -2.34. The highest BCUT2D eigenvalue weighted by Gasteiger charge is 2.21. The first-order valence-electron chi connectivity index (χ1n) is 8.03. The van der Waals surface area contributed by atoms with E-state index in [1.807, 2.05) is 12.1 Å². The Labute approximate surface area is 128 Å². The van der Waals surface area contributed by atoms with Crippen molar-refractivity contribution in [3.8, 4) is 0 Å². The van der Waals surface area contributed by atoms with E-state index in [0.29, 0.717) is 6.42 Å². The smallest absolute Gasteiger partial charge is 0.225 e. The number of aryl methyl sites for hydroxylation is 2. The van der Waals surface area contributed by atoms with E-state index in [9.17, 15) is 4.79 Å². The lowest BCUT2D eigenvalue weighted by molar-refractivity contribution is -0.116. The van der Waals surface area contributed by atoms with Crippen molar-refractivity contribution in [2.45, 2.75) is 40.5 Å². The van der Waals surface area contributed by atoms with Crippen molar-refractivity contribution in [1.82, 2.24) is 4.90 Å². The zero-order chi connectivity index (χ0) is 15.4. The zero-order valence-electron chi connectivity index (χ0n) is 13.8. The van der Waals surface area contributed by atoms with E-state index in [-0.39, 0.29) is 5.91 Å². The van der Waals surface area contributed by atoms with Gasteiger partial charge in [0.1, 0.15) is 0 Å². The summed E-state index contributed by atoms with van der Waals surface area (Å²) in [6, 6.07) is 6.16. The van der Waals surface area contributed by atoms with Gasteiger partial charge < -0.3 is 10.2 Å². The Morgan fingerprint density at radius 3 is 2.29 bits per heavy atom. The molecule has 3 heteroatoms. The van der Waals surface area contributed by atoms with Gasteiger partial charge in [-0.25, -0.2) is 0 Å². The van der Waals surface area contributed by atoms with Gasteiger partial charge >= 0.3 is 0 Å². The Hall–Kier alpha value is -1.35. The van der Waals surface area contributed by atoms with Gasteiger partial charge in [-0.15, -0.1) is 0 Å². The number of hydrogen-bond acceptors (Lipinski definition) is 2. The molecule has 1 aliphatic heterocycles. The maximum atomic E-state index is 12.1. The predicted octanol–water partition coefficient (Wildman–Crippen LogP) is 3.61. The maximum Gasteiger partial charge on any atom is 0.225 e. The van der Waals surface area contributed by atoms with Crippen LogP contribution in [0.1, 0.15) is 37.8 Å². The molecule has 21 heavy (non-hydrogen) atoms. The molecule has 1 heterocycles. The molecule has 1 fully saturated rings. The van der Waals surface area contributed by atoms with E-state index >= 15 is 0 Å². The van der Waals surface area contributed by atoms with Gasteiger partial charge in [-0.3, -0.25) is 4.79 Å². The largest absolute Gasteiger partial charge is 0.326 e. The molecule has 0 saturated carbocycles. The molecule has 0 spiro atoms. The number of amides is 1. The van der Waals surface area contributed by atoms with E-state index in [4.69, 9.17) is 0 Å². The molecule has 0 bridgehead atoms. The van der Waals surface area contributed by atoms with Crippen LogP contribution in [0.15, 0.2) is 18.2 Å². The van der Waals surface area contributed by atoms with E-state index in [1.54, 1.807) is 0 Å². The van der Waals surface area contributed by atoms with Crippen molar-refractivity contribution in [2.75, 3.05) is 25.0 Å². The number of nitrogens with one attached hydrogen (secondary N) is 1. The zero-order valence-corrected chi connectivity index (χ0v) is 13.8. The fourth-order valence-electron chi connectivity index (χ4n) is 3.50. The lowest BCUT2D eigenvalue weighted by atomic mass is 9.92. The average molecular weight is 288 g/mol. The topological polar surface area (TPSA) is 32.3 Å². The number of benzene rings is 1. The summed E-state index contributed by atoms with van der Waals surface area (Å²) in [6.45, 7) is 11.8. The molecule has 0 unspecified atom stereocenters. The van der Waals surface area contributed by atoms with E-state index in [2.05, 4.69) is 44.0 Å². The molecular weight excluding hydrogens is 260 g/mol. The number of hydrogen-bond donors (Lipinski definition) is 1. The fourth-order valence-corrected chi connectivity index (χ4v) is 3.50. The quantitative estimate of drug-likeness (QED) is 0.918. The van der Waals surface area contributed by atoms with Crippen LogP contribution in [-0.2, 0) is 4.79 Å². The Morgan fingerprint density at radius 2 is 1.71 bits per heavy atom. The maximum absolute atomic E-state index is 12.1. The molecule has 0 aliphatic carbocycles. The summed E-state index contributed by atoms with van der Waals surface area (Å²) >= 11 is 0. The van der Waals surface area contributed by atoms with Gasteiger partial charge in [0.15, 0.2) is 0 Å². The molecule has 3 nitrogen and oxygen atoms in total. The summed E-state index contributed by atoms with van der Waals surface area (Å²) in [4.78, 5) is 14.5. The van der Waals surface area contributed by atoms with Crippen molar-refractivity contribution in [3.63, 3.8) is 0 Å². The van der Waals surface area contributed by atoms with Crippen molar-refractivity contribution in [3.05, 3.63) is 29.3 Å². The Bertz CT molecular complexity index is 468. The molecule has 116 valence electrons. The fraction of sp³-hybridized carbons (Fsp3) is 0.611. The molecular formula is C18H28N2O. The SMILES string of the molecule is Cc1cc(C)cc(NC(=O)CCN2C[C@H](C)C[C@@H](C)C2)c1. The minimum absolute atomic E-state index is 0.117. The number of carbonyl (C=O) groups excluding carboxylic acids is 1. The minimum atomic E-state index is 0.117. The first-order valence-corrected chi connectivity index (χ1v) is 8.03. The second kappa shape index (κ2) is 7.08. The summed E-state index contributed by atoms with van der Waals surface area (Å²) in [5, 5.41) is 3.02. The van der Waals surface area contributed by atoms with Gasteiger partial charge in [-0.1, -0.05) is 19.9 Å². The van der Waals surface area contributed by atoms with Crippen LogP contribution in [-0.4, -0.2) is 30.4 Å². The minimum Gasteiger partial charge on any atom is -0.326 e. The number of anilines is 1. The second-order valence-electron chi connectivity index (χ2n) is 6.88. The summed E-state index contributed by atoms with van der Waals surface area (Å²) in [5.41, 5.74) is 3.28. The standard InChI is InChI=1S/C18H28N2O/c1-13-7-14(2)10-17(9-13)19-18(21)5-6-20-11-15(3)8-16(4)12-20/h7,9-10,15-16H,5-6,8,11-12H2,1-4H3,(H,19,21)/t15-,16-/m1/s1. The Morgan fingerprint density at radius 1 is 1.14 bits per heavy atom. The van der Waals surface area contributed by atoms with Crippen LogP contribution in [0.4, 0.5) is 5.69 Å². The van der Waals surface area contributed by atoms with Crippen LogP contribution in [0, 0.1) is 25.7 Å². The molecule has 2 rings (SSSR count). The average Bonchev–Trinajstić information content (AvgIpc) is 2.34. The highest BCUT2D eigenvalue weighted by Crippen LogP contribution is 2.21. The van der Waals surface area contributed by atoms with Crippen molar-refractivity contribution in [1.29, 1.82) is 0 Å². The molecule has 1 aliphatic rings. The van der Waals surface area contributed by atoms with Gasteiger partial charge in [0.2, 0.25) is 5.91 Å². The normalized spacial score (nSPS) is 23.0. The van der Waals surface area contributed by atoms with Crippen LogP contribution in [0.5, 0.6) is 0 Å². The number of nitrogens with zero attached hydrogens (tertiary/aromatic N) is 1. The van der Waals surface area contributed by atoms with Gasteiger partial charge in [-0.2, -0.15) is 0 Å². The third kappa shape index (κ3) is 5.16. The molecule has 1 aromatic rings. The van der Waals surface area contributed by atoms with E-state index in [0.717, 1.165) is 37.2 Å². The number of rotatable bonds is 4. The Kier molecular flexibility index (Phi) is 5.40. The number of piperidine rings is 1. The number of carbonyl (C=O) groups is 1. The molecule has 1 saturated heterocycles. The van der Waals surface area contributed by atoms with Crippen LogP contribution >= 0.6 is 0 Å². The summed E-state index contributed by atoms with van der Waals surface area (Å²) < 4.78 is 0. The van der Waals surface area contributed by atoms with E-state index in [1.165, 1.54) is 17.5 Å². The third-order valence-electron chi connectivity index (χ3n) is 4.11. The van der Waals surface area contributed by atoms with E-state index < -0.39 is 0 Å². The Balaban J connectivity index is 1.82. The molecule has 0 aromatic heterocycles. The van der Waals surface area contributed by atoms with Crippen LogP contribution in [0.3, 0.4) is 0 Å². The van der Waals surface area contributed by atoms with Gasteiger partial charge in [0.25, 0.3) is 0 Å². The molecule has 2 atom stereocenters.